The second-order valence-corrected chi connectivity index (χ2v) is 5.97. The molecule has 138 valence electrons. The molecular formula is C21H19NO5. The van der Waals surface area contributed by atoms with E-state index in [1.54, 1.807) is 66.7 Å². The van der Waals surface area contributed by atoms with Crippen molar-refractivity contribution in [2.75, 3.05) is 0 Å². The van der Waals surface area contributed by atoms with Crippen LogP contribution in [-0.2, 0) is 11.2 Å². The van der Waals surface area contributed by atoms with Crippen molar-refractivity contribution in [2.24, 2.45) is 5.73 Å². The number of aliphatic carboxylic acids is 1. The number of aromatic hydroxyl groups is 1. The highest BCUT2D eigenvalue weighted by atomic mass is 16.5. The maximum Gasteiger partial charge on any atom is 0.320 e. The Hall–Kier alpha value is -3.51. The van der Waals surface area contributed by atoms with E-state index in [4.69, 9.17) is 20.3 Å². The van der Waals surface area contributed by atoms with Crippen LogP contribution in [0, 0.1) is 0 Å². The molecule has 0 aliphatic rings. The molecule has 27 heavy (non-hydrogen) atoms. The third kappa shape index (κ3) is 5.23. The van der Waals surface area contributed by atoms with Crippen LogP contribution in [0.15, 0.2) is 72.8 Å². The zero-order chi connectivity index (χ0) is 19.2. The molecule has 0 spiro atoms. The van der Waals surface area contributed by atoms with Crippen molar-refractivity contribution >= 4 is 5.97 Å². The zero-order valence-electron chi connectivity index (χ0n) is 14.4. The van der Waals surface area contributed by atoms with Crippen molar-refractivity contribution in [2.45, 2.75) is 12.5 Å². The molecule has 6 nitrogen and oxygen atoms in total. The van der Waals surface area contributed by atoms with E-state index < -0.39 is 12.0 Å². The van der Waals surface area contributed by atoms with Gasteiger partial charge in [-0.2, -0.15) is 0 Å². The van der Waals surface area contributed by atoms with Gasteiger partial charge in [-0.3, -0.25) is 4.79 Å². The minimum atomic E-state index is -1.04. The molecule has 1 atom stereocenters. The molecule has 0 saturated carbocycles. The zero-order valence-corrected chi connectivity index (χ0v) is 14.4. The van der Waals surface area contributed by atoms with Gasteiger partial charge < -0.3 is 25.4 Å². The number of carbonyl (C=O) groups is 1. The lowest BCUT2D eigenvalue weighted by Crippen LogP contribution is -2.32. The summed E-state index contributed by atoms with van der Waals surface area (Å²) in [6.45, 7) is 0. The lowest BCUT2D eigenvalue weighted by atomic mass is 10.1. The van der Waals surface area contributed by atoms with Gasteiger partial charge in [-0.15, -0.1) is 0 Å². The van der Waals surface area contributed by atoms with Crippen molar-refractivity contribution in [1.82, 2.24) is 0 Å². The van der Waals surface area contributed by atoms with Crippen LogP contribution in [0.25, 0.3) is 0 Å². The maximum absolute atomic E-state index is 10.9. The Labute approximate surface area is 156 Å². The summed E-state index contributed by atoms with van der Waals surface area (Å²) in [5.41, 5.74) is 6.36. The number of ether oxygens (including phenoxy) is 2. The van der Waals surface area contributed by atoms with E-state index in [1.807, 2.05) is 6.07 Å². The summed E-state index contributed by atoms with van der Waals surface area (Å²) >= 11 is 0. The molecule has 0 amide bonds. The minimum Gasteiger partial charge on any atom is -0.508 e. The molecule has 4 N–H and O–H groups in total. The Morgan fingerprint density at radius 2 is 1.37 bits per heavy atom. The molecule has 0 aliphatic heterocycles. The molecular weight excluding hydrogens is 346 g/mol. The Bertz CT molecular complexity index is 907. The van der Waals surface area contributed by atoms with E-state index in [-0.39, 0.29) is 12.2 Å². The fraction of sp³-hybridized carbons (Fsp3) is 0.0952. The summed E-state index contributed by atoms with van der Waals surface area (Å²) in [6.07, 6.45) is 0.228. The molecule has 6 heteroatoms. The summed E-state index contributed by atoms with van der Waals surface area (Å²) in [6, 6.07) is 19.7. The first kappa shape index (κ1) is 18.3. The fourth-order valence-corrected chi connectivity index (χ4v) is 2.44. The van der Waals surface area contributed by atoms with Crippen LogP contribution in [0.3, 0.4) is 0 Å². The molecule has 0 fully saturated rings. The number of phenols is 1. The van der Waals surface area contributed by atoms with Crippen LogP contribution in [0.1, 0.15) is 5.56 Å². The average molecular weight is 365 g/mol. The van der Waals surface area contributed by atoms with Gasteiger partial charge in [0.1, 0.15) is 34.8 Å². The smallest absolute Gasteiger partial charge is 0.320 e. The number of hydrogen-bond acceptors (Lipinski definition) is 5. The van der Waals surface area contributed by atoms with Gasteiger partial charge in [0.2, 0.25) is 0 Å². The Kier molecular flexibility index (Phi) is 5.58. The minimum absolute atomic E-state index is 0.178. The van der Waals surface area contributed by atoms with Gasteiger partial charge in [-0.25, -0.2) is 0 Å². The SMILES string of the molecule is N[C@@H](Cc1cccc(Oc2ccc(Oc3ccc(O)cc3)cc2)c1)C(=O)O. The van der Waals surface area contributed by atoms with E-state index in [1.165, 1.54) is 0 Å². The van der Waals surface area contributed by atoms with E-state index in [9.17, 15) is 9.90 Å². The van der Waals surface area contributed by atoms with Crippen LogP contribution >= 0.6 is 0 Å². The number of rotatable bonds is 7. The van der Waals surface area contributed by atoms with Gasteiger partial charge >= 0.3 is 5.97 Å². The molecule has 3 rings (SSSR count). The van der Waals surface area contributed by atoms with Crippen LogP contribution < -0.4 is 15.2 Å². The van der Waals surface area contributed by atoms with Gasteiger partial charge in [0.05, 0.1) is 0 Å². The van der Waals surface area contributed by atoms with Crippen LogP contribution in [0.4, 0.5) is 0 Å². The van der Waals surface area contributed by atoms with Crippen LogP contribution in [-0.4, -0.2) is 22.2 Å². The Morgan fingerprint density at radius 1 is 0.852 bits per heavy atom. The third-order valence-corrected chi connectivity index (χ3v) is 3.80. The molecule has 0 unspecified atom stereocenters. The number of benzene rings is 3. The van der Waals surface area contributed by atoms with Crippen LogP contribution in [0.5, 0.6) is 28.7 Å². The number of carboxylic acid groups (broad SMARTS) is 1. The first-order valence-corrected chi connectivity index (χ1v) is 8.32. The van der Waals surface area contributed by atoms with Crippen LogP contribution in [0.2, 0.25) is 0 Å². The van der Waals surface area contributed by atoms with E-state index in [0.29, 0.717) is 23.0 Å². The van der Waals surface area contributed by atoms with Crippen molar-refractivity contribution in [3.63, 3.8) is 0 Å². The number of phenolic OH excluding ortho intramolecular Hbond substituents is 1. The summed E-state index contributed by atoms with van der Waals surface area (Å²) in [4.78, 5) is 10.9. The Balaban J connectivity index is 1.64. The van der Waals surface area contributed by atoms with Gasteiger partial charge in [0.15, 0.2) is 0 Å². The summed E-state index contributed by atoms with van der Waals surface area (Å²) in [7, 11) is 0. The lowest BCUT2D eigenvalue weighted by molar-refractivity contribution is -0.138. The normalized spacial score (nSPS) is 11.6. The topological polar surface area (TPSA) is 102 Å². The van der Waals surface area contributed by atoms with E-state index in [2.05, 4.69) is 0 Å². The molecule has 0 aliphatic carbocycles. The second-order valence-electron chi connectivity index (χ2n) is 5.97. The number of hydrogen-bond donors (Lipinski definition) is 3. The van der Waals surface area contributed by atoms with E-state index >= 15 is 0 Å². The number of carboxylic acids is 1. The predicted molar refractivity (Wildman–Crippen MR) is 100 cm³/mol. The number of nitrogens with two attached hydrogens (primary N) is 1. The molecule has 0 saturated heterocycles. The van der Waals surface area contributed by atoms with Crippen molar-refractivity contribution < 1.29 is 24.5 Å². The molecule has 0 radical (unpaired) electrons. The fourth-order valence-electron chi connectivity index (χ4n) is 2.44. The van der Waals surface area contributed by atoms with E-state index in [0.717, 1.165) is 5.56 Å². The van der Waals surface area contributed by atoms with Gasteiger partial charge in [-0.1, -0.05) is 12.1 Å². The molecule has 0 bridgehead atoms. The van der Waals surface area contributed by atoms with Crippen molar-refractivity contribution in [3.8, 4) is 28.7 Å². The summed E-state index contributed by atoms with van der Waals surface area (Å²) in [5.74, 6) is 1.60. The third-order valence-electron chi connectivity index (χ3n) is 3.80. The molecule has 0 aromatic heterocycles. The highest BCUT2D eigenvalue weighted by Gasteiger charge is 2.12. The van der Waals surface area contributed by atoms with Crippen molar-refractivity contribution in [1.29, 1.82) is 0 Å². The highest BCUT2D eigenvalue weighted by molar-refractivity contribution is 5.73. The Morgan fingerprint density at radius 3 is 1.93 bits per heavy atom. The second kappa shape index (κ2) is 8.25. The average Bonchev–Trinajstić information content (AvgIpc) is 2.65. The first-order valence-electron chi connectivity index (χ1n) is 8.32. The first-order chi connectivity index (χ1) is 13.0. The monoisotopic (exact) mass is 365 g/mol. The largest absolute Gasteiger partial charge is 0.508 e. The highest BCUT2D eigenvalue weighted by Crippen LogP contribution is 2.28. The maximum atomic E-state index is 10.9. The molecule has 3 aromatic rings. The van der Waals surface area contributed by atoms with Gasteiger partial charge in [0.25, 0.3) is 0 Å². The summed E-state index contributed by atoms with van der Waals surface area (Å²) in [5, 5.41) is 18.2. The molecule has 3 aromatic carbocycles. The molecule has 0 heterocycles. The predicted octanol–water partition coefficient (Wildman–Crippen LogP) is 3.93. The van der Waals surface area contributed by atoms with Crippen molar-refractivity contribution in [3.05, 3.63) is 78.4 Å². The quantitative estimate of drug-likeness (QED) is 0.586. The lowest BCUT2D eigenvalue weighted by Gasteiger charge is -2.10. The van der Waals surface area contributed by atoms with Gasteiger partial charge in [-0.05, 0) is 72.6 Å². The standard InChI is InChI=1S/C21H19NO5/c22-20(21(24)25)13-14-2-1-3-19(12-14)27-18-10-8-17(9-11-18)26-16-6-4-15(23)5-7-16/h1-12,20,23H,13,22H2,(H,24,25)/t20-/m0/s1. The van der Waals surface area contributed by atoms with Gasteiger partial charge in [0, 0.05) is 0 Å². The summed E-state index contributed by atoms with van der Waals surface area (Å²) < 4.78 is 11.5.